The molecule has 1 heterocycles. The van der Waals surface area contributed by atoms with Crippen LogP contribution in [0.25, 0.3) is 0 Å². The Morgan fingerprint density at radius 3 is 2.90 bits per heavy atom. The van der Waals surface area contributed by atoms with Crippen molar-refractivity contribution >= 4 is 27.5 Å². The Hall–Kier alpha value is -2.75. The molecule has 2 aromatic rings. The molecule has 2 rings (SSSR count). The van der Waals surface area contributed by atoms with Crippen molar-refractivity contribution in [3.63, 3.8) is 0 Å². The number of hydrogen-bond donors (Lipinski definition) is 2. The van der Waals surface area contributed by atoms with Crippen molar-refractivity contribution < 1.29 is 14.9 Å². The highest BCUT2D eigenvalue weighted by Crippen LogP contribution is 2.31. The minimum atomic E-state index is -0.549. The van der Waals surface area contributed by atoms with Gasteiger partial charge in [0.05, 0.1) is 15.5 Å². The summed E-state index contributed by atoms with van der Waals surface area (Å²) < 4.78 is 5.86. The smallest absolute Gasteiger partial charge is 0.322 e. The molecule has 0 radical (unpaired) electrons. The van der Waals surface area contributed by atoms with Gasteiger partial charge in [-0.25, -0.2) is 4.98 Å². The molecule has 0 spiro atoms. The topological polar surface area (TPSA) is 137 Å². The van der Waals surface area contributed by atoms with Crippen molar-refractivity contribution in [1.82, 2.24) is 9.97 Å². The number of nitro benzene ring substituents is 1. The van der Waals surface area contributed by atoms with Gasteiger partial charge in [-0.1, -0.05) is 5.16 Å². The normalized spacial score (nSPS) is 11.2. The number of amidine groups is 1. The molecular formula is C11H8BrN5O4. The first kappa shape index (κ1) is 14.7. The van der Waals surface area contributed by atoms with E-state index in [0.29, 0.717) is 4.47 Å². The number of nitro groups is 1. The Labute approximate surface area is 126 Å². The summed E-state index contributed by atoms with van der Waals surface area (Å²) in [4.78, 5) is 18.0. The highest BCUT2D eigenvalue weighted by Gasteiger charge is 2.13. The van der Waals surface area contributed by atoms with Crippen LogP contribution in [0.2, 0.25) is 0 Å². The zero-order valence-corrected chi connectivity index (χ0v) is 11.9. The molecule has 0 aliphatic carbocycles. The summed E-state index contributed by atoms with van der Waals surface area (Å²) in [5.74, 6) is -0.0405. The van der Waals surface area contributed by atoms with Crippen LogP contribution in [0.5, 0.6) is 11.8 Å². The number of rotatable bonds is 4. The maximum atomic E-state index is 10.7. The highest BCUT2D eigenvalue weighted by atomic mass is 79.9. The average molecular weight is 354 g/mol. The lowest BCUT2D eigenvalue weighted by atomic mass is 10.3. The van der Waals surface area contributed by atoms with Crippen LogP contribution < -0.4 is 10.5 Å². The fraction of sp³-hybridized carbons (Fsp3) is 0. The van der Waals surface area contributed by atoms with Gasteiger partial charge >= 0.3 is 6.01 Å². The number of benzene rings is 1. The van der Waals surface area contributed by atoms with Crippen LogP contribution >= 0.6 is 15.9 Å². The molecule has 108 valence electrons. The van der Waals surface area contributed by atoms with E-state index in [0.717, 1.165) is 0 Å². The zero-order chi connectivity index (χ0) is 15.4. The van der Waals surface area contributed by atoms with E-state index in [1.54, 1.807) is 0 Å². The first-order valence-corrected chi connectivity index (χ1v) is 6.23. The molecule has 0 atom stereocenters. The van der Waals surface area contributed by atoms with E-state index in [2.05, 4.69) is 31.1 Å². The summed E-state index contributed by atoms with van der Waals surface area (Å²) in [7, 11) is 0. The third kappa shape index (κ3) is 3.42. The summed E-state index contributed by atoms with van der Waals surface area (Å²) in [5.41, 5.74) is 5.42. The lowest BCUT2D eigenvalue weighted by Gasteiger charge is -2.06. The Bertz CT molecular complexity index is 722. The van der Waals surface area contributed by atoms with Crippen LogP contribution in [-0.4, -0.2) is 25.9 Å². The molecule has 9 nitrogen and oxygen atoms in total. The first-order valence-electron chi connectivity index (χ1n) is 5.44. The molecular weight excluding hydrogens is 346 g/mol. The highest BCUT2D eigenvalue weighted by molar-refractivity contribution is 9.10. The van der Waals surface area contributed by atoms with E-state index in [9.17, 15) is 10.1 Å². The number of ether oxygens (including phenoxy) is 1. The fourth-order valence-corrected chi connectivity index (χ4v) is 1.69. The van der Waals surface area contributed by atoms with Gasteiger partial charge in [-0.3, -0.25) is 10.1 Å². The van der Waals surface area contributed by atoms with Crippen molar-refractivity contribution in [1.29, 1.82) is 0 Å². The molecule has 0 aliphatic heterocycles. The molecule has 0 amide bonds. The summed E-state index contributed by atoms with van der Waals surface area (Å²) in [6, 6.07) is 5.35. The first-order chi connectivity index (χ1) is 10.0. The van der Waals surface area contributed by atoms with Crippen molar-refractivity contribution in [2.24, 2.45) is 10.9 Å². The molecule has 1 aromatic heterocycles. The Kier molecular flexibility index (Phi) is 4.28. The molecule has 0 saturated heterocycles. The number of non-ortho nitro benzene ring substituents is 1. The van der Waals surface area contributed by atoms with Gasteiger partial charge in [-0.15, -0.1) is 0 Å². The van der Waals surface area contributed by atoms with Crippen molar-refractivity contribution in [3.05, 3.63) is 50.7 Å². The molecule has 10 heteroatoms. The van der Waals surface area contributed by atoms with Crippen LogP contribution in [0.15, 0.2) is 40.1 Å². The number of halogens is 1. The second-order valence-corrected chi connectivity index (χ2v) is 4.54. The Morgan fingerprint density at radius 2 is 2.24 bits per heavy atom. The van der Waals surface area contributed by atoms with E-state index < -0.39 is 4.92 Å². The van der Waals surface area contributed by atoms with Gasteiger partial charge in [-0.05, 0) is 28.1 Å². The molecule has 0 unspecified atom stereocenters. The quantitative estimate of drug-likeness (QED) is 0.282. The SMILES string of the molecule is N/C(=N/O)c1ccnc(Oc2cc([N+](=O)[O-])ccc2Br)n1. The van der Waals surface area contributed by atoms with Crippen molar-refractivity contribution in [2.45, 2.75) is 0 Å². The minimum absolute atomic E-state index is 0.0969. The largest absolute Gasteiger partial charge is 0.423 e. The standard InChI is InChI=1S/C11H8BrN5O4/c12-7-2-1-6(17(19)20)5-9(7)21-11-14-4-3-8(15-11)10(13)16-18/h1-5,18H,(H2,13,16). The third-order valence-corrected chi connectivity index (χ3v) is 2.99. The molecule has 0 fully saturated rings. The van der Waals surface area contributed by atoms with Crippen molar-refractivity contribution in [2.75, 3.05) is 0 Å². The minimum Gasteiger partial charge on any atom is -0.423 e. The maximum absolute atomic E-state index is 10.7. The Morgan fingerprint density at radius 1 is 1.48 bits per heavy atom. The maximum Gasteiger partial charge on any atom is 0.322 e. The Balaban J connectivity index is 2.34. The fourth-order valence-electron chi connectivity index (χ4n) is 1.37. The second kappa shape index (κ2) is 6.13. The summed E-state index contributed by atoms with van der Waals surface area (Å²) >= 11 is 3.21. The lowest BCUT2D eigenvalue weighted by molar-refractivity contribution is -0.384. The average Bonchev–Trinajstić information content (AvgIpc) is 2.48. The lowest BCUT2D eigenvalue weighted by Crippen LogP contribution is -2.15. The van der Waals surface area contributed by atoms with E-state index in [4.69, 9.17) is 15.7 Å². The number of nitrogens with two attached hydrogens (primary N) is 1. The number of aromatic nitrogens is 2. The summed E-state index contributed by atoms with van der Waals surface area (Å²) in [6.45, 7) is 0. The molecule has 0 saturated carbocycles. The van der Waals surface area contributed by atoms with Gasteiger partial charge < -0.3 is 15.7 Å². The second-order valence-electron chi connectivity index (χ2n) is 3.68. The van der Waals surface area contributed by atoms with E-state index in [1.165, 1.54) is 30.5 Å². The van der Waals surface area contributed by atoms with Gasteiger partial charge in [0.15, 0.2) is 11.6 Å². The molecule has 0 bridgehead atoms. The molecule has 0 aliphatic rings. The van der Waals surface area contributed by atoms with Gasteiger partial charge in [0, 0.05) is 12.3 Å². The predicted octanol–water partition coefficient (Wildman–Crippen LogP) is 2.03. The van der Waals surface area contributed by atoms with Gasteiger partial charge in [0.2, 0.25) is 0 Å². The zero-order valence-electron chi connectivity index (χ0n) is 10.3. The van der Waals surface area contributed by atoms with Gasteiger partial charge in [0.1, 0.15) is 5.69 Å². The van der Waals surface area contributed by atoms with Gasteiger partial charge in [0.25, 0.3) is 5.69 Å². The van der Waals surface area contributed by atoms with Crippen LogP contribution in [0.3, 0.4) is 0 Å². The predicted molar refractivity (Wildman–Crippen MR) is 75.4 cm³/mol. The molecule has 1 aromatic carbocycles. The third-order valence-electron chi connectivity index (χ3n) is 2.33. The number of oxime groups is 1. The molecule has 3 N–H and O–H groups in total. The summed E-state index contributed by atoms with van der Waals surface area (Å²) in [5, 5.41) is 22.1. The number of hydrogen-bond acceptors (Lipinski definition) is 7. The number of nitrogens with zero attached hydrogens (tertiary/aromatic N) is 4. The van der Waals surface area contributed by atoms with Crippen molar-refractivity contribution in [3.8, 4) is 11.8 Å². The van der Waals surface area contributed by atoms with E-state index >= 15 is 0 Å². The van der Waals surface area contributed by atoms with Crippen LogP contribution in [0, 0.1) is 10.1 Å². The monoisotopic (exact) mass is 353 g/mol. The van der Waals surface area contributed by atoms with Crippen LogP contribution in [0.4, 0.5) is 5.69 Å². The van der Waals surface area contributed by atoms with E-state index in [1.807, 2.05) is 0 Å². The summed E-state index contributed by atoms with van der Waals surface area (Å²) in [6.07, 6.45) is 1.35. The molecule has 21 heavy (non-hydrogen) atoms. The van der Waals surface area contributed by atoms with Crippen LogP contribution in [0.1, 0.15) is 5.69 Å². The van der Waals surface area contributed by atoms with E-state index in [-0.39, 0.29) is 29.0 Å². The van der Waals surface area contributed by atoms with Crippen LogP contribution in [-0.2, 0) is 0 Å². The van der Waals surface area contributed by atoms with Gasteiger partial charge in [-0.2, -0.15) is 4.98 Å².